The third kappa shape index (κ3) is 3.54. The standard InChI is InChI=1S/C22H26N2O3S/c1-2-13-24-19(16-18-9-4-3-5-10-18)17-27-21-12-8-11-20(22(21)28(24,25)26)23-14-6-7-15-23/h2-5,8-12,19H,1,6-7,13-17H2/t19-/m0/s1. The maximum absolute atomic E-state index is 13.8. The highest BCUT2D eigenvalue weighted by molar-refractivity contribution is 7.89. The fourth-order valence-corrected chi connectivity index (χ4v) is 5.99. The second-order valence-electron chi connectivity index (χ2n) is 7.32. The summed E-state index contributed by atoms with van der Waals surface area (Å²) in [6, 6.07) is 15.2. The van der Waals surface area contributed by atoms with Gasteiger partial charge >= 0.3 is 0 Å². The molecule has 4 rings (SSSR count). The number of nitrogens with zero attached hydrogens (tertiary/aromatic N) is 2. The van der Waals surface area contributed by atoms with Gasteiger partial charge in [-0.2, -0.15) is 4.31 Å². The van der Waals surface area contributed by atoms with Crippen molar-refractivity contribution < 1.29 is 13.2 Å². The average Bonchev–Trinajstić information content (AvgIpc) is 3.21. The Morgan fingerprint density at radius 3 is 2.54 bits per heavy atom. The van der Waals surface area contributed by atoms with Gasteiger partial charge in [0, 0.05) is 19.6 Å². The largest absolute Gasteiger partial charge is 0.490 e. The van der Waals surface area contributed by atoms with Crippen molar-refractivity contribution in [2.75, 3.05) is 31.1 Å². The van der Waals surface area contributed by atoms with Crippen LogP contribution in [0.3, 0.4) is 0 Å². The lowest BCUT2D eigenvalue weighted by Gasteiger charge is -2.28. The van der Waals surface area contributed by atoms with Gasteiger partial charge in [-0.05, 0) is 37.0 Å². The molecule has 5 nitrogen and oxygen atoms in total. The molecule has 0 unspecified atom stereocenters. The van der Waals surface area contributed by atoms with Crippen molar-refractivity contribution in [1.29, 1.82) is 0 Å². The van der Waals surface area contributed by atoms with Crippen molar-refractivity contribution in [1.82, 2.24) is 4.31 Å². The molecule has 0 bridgehead atoms. The molecule has 0 saturated carbocycles. The van der Waals surface area contributed by atoms with Crippen molar-refractivity contribution in [2.24, 2.45) is 0 Å². The van der Waals surface area contributed by atoms with Gasteiger partial charge in [0.15, 0.2) is 0 Å². The van der Waals surface area contributed by atoms with E-state index in [4.69, 9.17) is 4.74 Å². The van der Waals surface area contributed by atoms with E-state index in [9.17, 15) is 8.42 Å². The van der Waals surface area contributed by atoms with E-state index in [0.717, 1.165) is 37.2 Å². The minimum atomic E-state index is -3.72. The molecule has 1 atom stereocenters. The quantitative estimate of drug-likeness (QED) is 0.724. The van der Waals surface area contributed by atoms with Crippen molar-refractivity contribution in [3.63, 3.8) is 0 Å². The first kappa shape index (κ1) is 19.0. The number of anilines is 1. The number of sulfonamides is 1. The van der Waals surface area contributed by atoms with Crippen molar-refractivity contribution in [3.8, 4) is 5.75 Å². The van der Waals surface area contributed by atoms with E-state index in [1.807, 2.05) is 42.5 Å². The summed E-state index contributed by atoms with van der Waals surface area (Å²) in [7, 11) is -3.72. The predicted molar refractivity (Wildman–Crippen MR) is 111 cm³/mol. The zero-order chi connectivity index (χ0) is 19.6. The number of hydrogen-bond donors (Lipinski definition) is 0. The average molecular weight is 399 g/mol. The van der Waals surface area contributed by atoms with Crippen LogP contribution in [0.4, 0.5) is 5.69 Å². The molecule has 2 heterocycles. The van der Waals surface area contributed by atoms with E-state index in [1.165, 1.54) is 0 Å². The summed E-state index contributed by atoms with van der Waals surface area (Å²) in [4.78, 5) is 2.46. The molecule has 1 saturated heterocycles. The van der Waals surface area contributed by atoms with Crippen LogP contribution in [0.15, 0.2) is 66.1 Å². The van der Waals surface area contributed by atoms with Gasteiger partial charge in [-0.25, -0.2) is 8.42 Å². The van der Waals surface area contributed by atoms with Gasteiger partial charge in [0.05, 0.1) is 11.7 Å². The Morgan fingerprint density at radius 2 is 1.82 bits per heavy atom. The smallest absolute Gasteiger partial charge is 0.249 e. The zero-order valence-electron chi connectivity index (χ0n) is 16.0. The van der Waals surface area contributed by atoms with E-state index in [1.54, 1.807) is 16.4 Å². The van der Waals surface area contributed by atoms with Gasteiger partial charge in [0.1, 0.15) is 17.3 Å². The second-order valence-corrected chi connectivity index (χ2v) is 9.14. The summed E-state index contributed by atoms with van der Waals surface area (Å²) in [5.41, 5.74) is 1.84. The minimum absolute atomic E-state index is 0.261. The number of rotatable bonds is 5. The highest BCUT2D eigenvalue weighted by atomic mass is 32.2. The third-order valence-corrected chi connectivity index (χ3v) is 7.42. The van der Waals surface area contributed by atoms with E-state index in [-0.39, 0.29) is 12.6 Å². The normalized spacial score (nSPS) is 21.6. The third-order valence-electron chi connectivity index (χ3n) is 5.43. The summed E-state index contributed by atoms with van der Waals surface area (Å²) < 4.78 is 35.1. The van der Waals surface area contributed by atoms with Crippen molar-refractivity contribution >= 4 is 15.7 Å². The van der Waals surface area contributed by atoms with Gasteiger partial charge in [-0.15, -0.1) is 6.58 Å². The van der Waals surface area contributed by atoms with E-state index < -0.39 is 10.0 Å². The number of ether oxygens (including phenoxy) is 1. The molecule has 2 aliphatic rings. The molecule has 6 heteroatoms. The molecule has 148 valence electrons. The molecule has 1 fully saturated rings. The van der Waals surface area contributed by atoms with Crippen LogP contribution in [0.1, 0.15) is 18.4 Å². The van der Waals surface area contributed by atoms with Crippen LogP contribution in [0.2, 0.25) is 0 Å². The van der Waals surface area contributed by atoms with Crippen LogP contribution in [0, 0.1) is 0 Å². The minimum Gasteiger partial charge on any atom is -0.490 e. The van der Waals surface area contributed by atoms with Crippen LogP contribution in [-0.4, -0.2) is 45.0 Å². The Labute approximate surface area is 167 Å². The fraction of sp³-hybridized carbons (Fsp3) is 0.364. The molecule has 0 radical (unpaired) electrons. The molecular formula is C22H26N2O3S. The topological polar surface area (TPSA) is 49.9 Å². The Balaban J connectivity index is 1.77. The molecule has 28 heavy (non-hydrogen) atoms. The maximum Gasteiger partial charge on any atom is 0.249 e. The Hall–Kier alpha value is -2.31. The maximum atomic E-state index is 13.8. The fourth-order valence-electron chi connectivity index (χ4n) is 4.09. The Kier molecular flexibility index (Phi) is 5.42. The summed E-state index contributed by atoms with van der Waals surface area (Å²) in [6.07, 6.45) is 4.41. The lowest BCUT2D eigenvalue weighted by atomic mass is 10.1. The van der Waals surface area contributed by atoms with Gasteiger partial charge < -0.3 is 9.64 Å². The molecule has 2 aliphatic heterocycles. The predicted octanol–water partition coefficient (Wildman–Crippen LogP) is 3.47. The first-order chi connectivity index (χ1) is 13.6. The zero-order valence-corrected chi connectivity index (χ0v) is 16.8. The number of benzene rings is 2. The molecule has 0 aromatic heterocycles. The van der Waals surface area contributed by atoms with Crippen LogP contribution >= 0.6 is 0 Å². The highest BCUT2D eigenvalue weighted by Gasteiger charge is 2.39. The summed E-state index contributed by atoms with van der Waals surface area (Å²) in [6.45, 7) is 6.12. The molecule has 0 N–H and O–H groups in total. The molecule has 0 amide bonds. The van der Waals surface area contributed by atoms with Crippen LogP contribution < -0.4 is 9.64 Å². The number of hydrogen-bond acceptors (Lipinski definition) is 4. The SMILES string of the molecule is C=CCN1[C@@H](Cc2ccccc2)COc2cccc(N3CCCC3)c2S1(=O)=O. The van der Waals surface area contributed by atoms with E-state index in [0.29, 0.717) is 23.7 Å². The summed E-state index contributed by atoms with van der Waals surface area (Å²) >= 11 is 0. The number of fused-ring (bicyclic) bond motifs is 1. The van der Waals surface area contributed by atoms with Crippen LogP contribution in [-0.2, 0) is 16.4 Å². The van der Waals surface area contributed by atoms with E-state index in [2.05, 4.69) is 11.5 Å². The lowest BCUT2D eigenvalue weighted by Crippen LogP contribution is -2.43. The first-order valence-electron chi connectivity index (χ1n) is 9.78. The van der Waals surface area contributed by atoms with Crippen LogP contribution in [0.25, 0.3) is 0 Å². The first-order valence-corrected chi connectivity index (χ1v) is 11.2. The lowest BCUT2D eigenvalue weighted by molar-refractivity contribution is 0.219. The molecule has 0 spiro atoms. The molecule has 0 aliphatic carbocycles. The molecule has 2 aromatic rings. The van der Waals surface area contributed by atoms with Gasteiger partial charge in [0.25, 0.3) is 0 Å². The molecular weight excluding hydrogens is 372 g/mol. The van der Waals surface area contributed by atoms with Crippen molar-refractivity contribution in [3.05, 3.63) is 66.7 Å². The van der Waals surface area contributed by atoms with Gasteiger partial charge in [-0.3, -0.25) is 0 Å². The Bertz CT molecular complexity index is 938. The highest BCUT2D eigenvalue weighted by Crippen LogP contribution is 2.40. The summed E-state index contributed by atoms with van der Waals surface area (Å²) in [5, 5.41) is 0. The van der Waals surface area contributed by atoms with Crippen molar-refractivity contribution in [2.45, 2.75) is 30.2 Å². The Morgan fingerprint density at radius 1 is 1.07 bits per heavy atom. The molecule has 2 aromatic carbocycles. The van der Waals surface area contributed by atoms with Crippen LogP contribution in [0.5, 0.6) is 5.75 Å². The van der Waals surface area contributed by atoms with Gasteiger partial charge in [0.2, 0.25) is 10.0 Å². The monoisotopic (exact) mass is 398 g/mol. The van der Waals surface area contributed by atoms with E-state index >= 15 is 0 Å². The summed E-state index contributed by atoms with van der Waals surface area (Å²) in [5.74, 6) is 0.453. The second kappa shape index (κ2) is 7.97. The van der Waals surface area contributed by atoms with Gasteiger partial charge in [-0.1, -0.05) is 42.5 Å².